The summed E-state index contributed by atoms with van der Waals surface area (Å²) in [5, 5.41) is 30.9. The number of benzene rings is 1. The Bertz CT molecular complexity index is 980. The molecule has 1 fully saturated rings. The lowest BCUT2D eigenvalue weighted by molar-refractivity contribution is -0.164. The molecule has 5 atom stereocenters. The fourth-order valence-electron chi connectivity index (χ4n) is 5.63. The summed E-state index contributed by atoms with van der Waals surface area (Å²) in [6, 6.07) is 2.11. The lowest BCUT2D eigenvalue weighted by atomic mass is 9.69. The van der Waals surface area contributed by atoms with Gasteiger partial charge in [0.1, 0.15) is 17.9 Å². The van der Waals surface area contributed by atoms with Crippen molar-refractivity contribution >= 4 is 17.7 Å². The second kappa shape index (κ2) is 6.94. The molecule has 4 aliphatic rings. The number of aliphatic hydroxyl groups is 1. The summed E-state index contributed by atoms with van der Waals surface area (Å²) >= 11 is 0. The van der Waals surface area contributed by atoms with Crippen LogP contribution >= 0.6 is 0 Å². The number of ether oxygens (including phenoxy) is 1. The summed E-state index contributed by atoms with van der Waals surface area (Å²) in [4.78, 5) is 28.2. The van der Waals surface area contributed by atoms with E-state index in [1.165, 1.54) is 0 Å². The molecule has 0 radical (unpaired) electrons. The monoisotopic (exact) mass is 429 g/mol. The van der Waals surface area contributed by atoms with E-state index in [0.717, 1.165) is 29.0 Å². The van der Waals surface area contributed by atoms with E-state index in [2.05, 4.69) is 4.90 Å². The number of hydrogen-bond donors (Lipinski definition) is 3. The molecule has 9 heteroatoms. The fourth-order valence-corrected chi connectivity index (χ4v) is 5.63. The Balaban J connectivity index is 1.67. The highest BCUT2D eigenvalue weighted by Gasteiger charge is 2.54. The van der Waals surface area contributed by atoms with Gasteiger partial charge in [-0.25, -0.2) is 9.86 Å². The fraction of sp³-hybridized carbons (Fsp3) is 0.545. The van der Waals surface area contributed by atoms with Crippen LogP contribution in [0, 0.1) is 0 Å². The van der Waals surface area contributed by atoms with Gasteiger partial charge in [-0.2, -0.15) is 0 Å². The van der Waals surface area contributed by atoms with Crippen LogP contribution in [0.5, 0.6) is 5.75 Å². The zero-order valence-electron chi connectivity index (χ0n) is 17.6. The van der Waals surface area contributed by atoms with Gasteiger partial charge in [-0.05, 0) is 38.6 Å². The molecule has 0 aromatic heterocycles. The molecule has 2 amide bonds. The Labute approximate surface area is 180 Å². The Hall–Kier alpha value is -2.62. The number of carbonyl (C=O) groups is 2. The third-order valence-electron chi connectivity index (χ3n) is 7.21. The number of hydroxylamine groups is 2. The van der Waals surface area contributed by atoms with Crippen molar-refractivity contribution in [3.8, 4) is 5.75 Å². The Kier molecular flexibility index (Phi) is 4.55. The highest BCUT2D eigenvalue weighted by molar-refractivity contribution is 5.99. The van der Waals surface area contributed by atoms with E-state index < -0.39 is 35.6 Å². The van der Waals surface area contributed by atoms with E-state index >= 15 is 0 Å². The molecule has 1 aromatic rings. The van der Waals surface area contributed by atoms with Gasteiger partial charge in [0.05, 0.1) is 23.2 Å². The van der Waals surface area contributed by atoms with E-state index in [4.69, 9.17) is 4.74 Å². The van der Waals surface area contributed by atoms with Crippen molar-refractivity contribution in [2.75, 3.05) is 18.5 Å². The standard InChI is InChI=1S/C22H27N3O6/c1-12-9-16(20(27)25(12)30)24(21(28)29)15-4-3-13-11-23(2)8-7-22-6-5-14(26)10-17(22)31-19(15)18(13)22/h3-6,12,14,16-17,26,30H,7-11H2,1-2H3,(H,28,29)/t12?,14-,16?,17-,22-/m0/s1. The summed E-state index contributed by atoms with van der Waals surface area (Å²) in [6.45, 7) is 3.22. The van der Waals surface area contributed by atoms with E-state index in [0.29, 0.717) is 29.5 Å². The highest BCUT2D eigenvalue weighted by atomic mass is 16.5. The Morgan fingerprint density at radius 1 is 1.32 bits per heavy atom. The minimum atomic E-state index is -1.27. The van der Waals surface area contributed by atoms with Crippen molar-refractivity contribution in [2.45, 2.75) is 62.4 Å². The number of amides is 2. The van der Waals surface area contributed by atoms with Crippen LogP contribution in [-0.4, -0.2) is 75.3 Å². The van der Waals surface area contributed by atoms with Crippen LogP contribution in [0.1, 0.15) is 37.3 Å². The second-order valence-corrected chi connectivity index (χ2v) is 9.18. The largest absolute Gasteiger partial charge is 0.487 e. The Morgan fingerprint density at radius 2 is 2.10 bits per heavy atom. The molecule has 2 unspecified atom stereocenters. The topological polar surface area (TPSA) is 114 Å². The van der Waals surface area contributed by atoms with Gasteiger partial charge in [0.25, 0.3) is 5.91 Å². The first-order valence-corrected chi connectivity index (χ1v) is 10.7. The minimum absolute atomic E-state index is 0.189. The molecule has 0 saturated carbocycles. The molecule has 1 aromatic carbocycles. The second-order valence-electron chi connectivity index (χ2n) is 9.18. The van der Waals surface area contributed by atoms with Gasteiger partial charge >= 0.3 is 6.09 Å². The zero-order chi connectivity index (χ0) is 22.1. The molecule has 1 aliphatic carbocycles. The van der Waals surface area contributed by atoms with Gasteiger partial charge in [-0.15, -0.1) is 0 Å². The van der Waals surface area contributed by atoms with Crippen molar-refractivity contribution in [2.24, 2.45) is 0 Å². The number of hydrogen-bond acceptors (Lipinski definition) is 6. The number of aliphatic hydroxyl groups excluding tert-OH is 1. The van der Waals surface area contributed by atoms with Crippen molar-refractivity contribution < 1.29 is 29.7 Å². The van der Waals surface area contributed by atoms with Crippen LogP contribution in [-0.2, 0) is 16.8 Å². The lowest BCUT2D eigenvalue weighted by Crippen LogP contribution is -2.44. The van der Waals surface area contributed by atoms with Crippen molar-refractivity contribution in [3.63, 3.8) is 0 Å². The van der Waals surface area contributed by atoms with Crippen LogP contribution in [0.25, 0.3) is 0 Å². The number of carbonyl (C=O) groups excluding carboxylic acids is 1. The molecule has 166 valence electrons. The van der Waals surface area contributed by atoms with Gasteiger partial charge in [0.2, 0.25) is 0 Å². The molecule has 3 aliphatic heterocycles. The van der Waals surface area contributed by atoms with Crippen LogP contribution < -0.4 is 9.64 Å². The molecule has 5 rings (SSSR count). The first-order valence-electron chi connectivity index (χ1n) is 10.7. The minimum Gasteiger partial charge on any atom is -0.487 e. The molecule has 3 N–H and O–H groups in total. The van der Waals surface area contributed by atoms with Crippen molar-refractivity contribution in [1.82, 2.24) is 9.96 Å². The van der Waals surface area contributed by atoms with Crippen molar-refractivity contribution in [3.05, 3.63) is 35.4 Å². The lowest BCUT2D eigenvalue weighted by Gasteiger charge is -2.35. The third-order valence-corrected chi connectivity index (χ3v) is 7.21. The SMILES string of the molecule is CC1CC(N(C(=O)O)c2ccc3c4c2O[C@H]2C[C@@H](O)C=C[C@@]42CCN(C)C3)C(=O)N1O. The molecule has 1 spiro atoms. The van der Waals surface area contributed by atoms with Gasteiger partial charge < -0.3 is 19.8 Å². The van der Waals surface area contributed by atoms with E-state index in [1.54, 1.807) is 19.1 Å². The summed E-state index contributed by atoms with van der Waals surface area (Å²) in [5.74, 6) is -0.173. The number of rotatable bonds is 2. The number of nitrogens with zero attached hydrogens (tertiary/aromatic N) is 3. The highest BCUT2D eigenvalue weighted by Crippen LogP contribution is 2.56. The zero-order valence-corrected chi connectivity index (χ0v) is 17.6. The van der Waals surface area contributed by atoms with Crippen LogP contribution in [0.3, 0.4) is 0 Å². The van der Waals surface area contributed by atoms with Crippen LogP contribution in [0.2, 0.25) is 0 Å². The smallest absolute Gasteiger partial charge is 0.412 e. The van der Waals surface area contributed by atoms with Gasteiger partial charge in [-0.3, -0.25) is 14.9 Å². The molecule has 9 nitrogen and oxygen atoms in total. The number of carboxylic acid groups (broad SMARTS) is 1. The Morgan fingerprint density at radius 3 is 2.77 bits per heavy atom. The summed E-state index contributed by atoms with van der Waals surface area (Å²) < 4.78 is 6.38. The summed E-state index contributed by atoms with van der Waals surface area (Å²) in [5.41, 5.74) is 1.88. The molecule has 0 bridgehead atoms. The summed E-state index contributed by atoms with van der Waals surface area (Å²) in [6.07, 6.45) is 3.03. The summed E-state index contributed by atoms with van der Waals surface area (Å²) in [7, 11) is 2.05. The predicted octanol–water partition coefficient (Wildman–Crippen LogP) is 1.70. The van der Waals surface area contributed by atoms with E-state index in [-0.39, 0.29) is 12.5 Å². The first-order chi connectivity index (χ1) is 14.7. The molecular formula is C22H27N3O6. The molecule has 3 heterocycles. The maximum atomic E-state index is 12.6. The van der Waals surface area contributed by atoms with Crippen LogP contribution in [0.15, 0.2) is 24.3 Å². The molecular weight excluding hydrogens is 402 g/mol. The van der Waals surface area contributed by atoms with E-state index in [1.807, 2.05) is 19.2 Å². The van der Waals surface area contributed by atoms with Crippen LogP contribution in [0.4, 0.5) is 10.5 Å². The number of anilines is 1. The predicted molar refractivity (Wildman–Crippen MR) is 110 cm³/mol. The third kappa shape index (κ3) is 2.87. The first kappa shape index (κ1) is 20.3. The van der Waals surface area contributed by atoms with Gasteiger partial charge in [0, 0.05) is 24.9 Å². The van der Waals surface area contributed by atoms with Gasteiger partial charge in [0.15, 0.2) is 0 Å². The quantitative estimate of drug-likeness (QED) is 0.484. The van der Waals surface area contributed by atoms with E-state index in [9.17, 15) is 25.0 Å². The molecule has 31 heavy (non-hydrogen) atoms. The maximum Gasteiger partial charge on any atom is 0.412 e. The average Bonchev–Trinajstić information content (AvgIpc) is 3.12. The van der Waals surface area contributed by atoms with Gasteiger partial charge in [-0.1, -0.05) is 18.2 Å². The average molecular weight is 429 g/mol. The van der Waals surface area contributed by atoms with Crippen molar-refractivity contribution in [1.29, 1.82) is 0 Å². The maximum absolute atomic E-state index is 12.6. The molecule has 1 saturated heterocycles. The normalized spacial score (nSPS) is 34.2.